The topological polar surface area (TPSA) is 211 Å². The van der Waals surface area contributed by atoms with E-state index < -0.39 is 51.1 Å². The number of aliphatic hydroxyl groups is 6. The number of carbonyl (C=O) groups excluding carboxylic acids is 2. The van der Waals surface area contributed by atoms with Crippen LogP contribution in [0.15, 0.2) is 78.9 Å². The Bertz CT molecular complexity index is 1340. The van der Waals surface area contributed by atoms with Crippen LogP contribution < -0.4 is 14.7 Å². The van der Waals surface area contributed by atoms with Crippen molar-refractivity contribution in [2.24, 2.45) is 0 Å². The van der Waals surface area contributed by atoms with Crippen molar-refractivity contribution in [3.05, 3.63) is 101 Å². The zero-order chi connectivity index (χ0) is 38.2. The van der Waals surface area contributed by atoms with Crippen molar-refractivity contribution in [2.75, 3.05) is 50.4 Å². The highest BCUT2D eigenvalue weighted by Crippen LogP contribution is 2.56. The first-order chi connectivity index (χ1) is 23.3. The first-order valence-corrected chi connectivity index (χ1v) is 19.2. The van der Waals surface area contributed by atoms with E-state index in [-0.39, 0.29) is 80.2 Å². The van der Waals surface area contributed by atoms with Gasteiger partial charge in [-0.2, -0.15) is 26.3 Å². The first kappa shape index (κ1) is 45.0. The molecule has 0 amide bonds. The van der Waals surface area contributed by atoms with Gasteiger partial charge in [0.1, 0.15) is 34.2 Å². The molecule has 0 bridgehead atoms. The van der Waals surface area contributed by atoms with Gasteiger partial charge in [-0.15, -0.1) is 0 Å². The van der Waals surface area contributed by atoms with E-state index >= 15 is 0 Å². The molecule has 0 fully saturated rings. The van der Waals surface area contributed by atoms with E-state index in [9.17, 15) is 46.0 Å². The van der Waals surface area contributed by atoms with Crippen molar-refractivity contribution in [2.45, 2.75) is 12.4 Å². The standard InChI is InChI=1S/2C11H16O4P.C8H3BF6O3/c2*12-7-16(8-13,9-14)6-11(15)10-4-2-1-3-5-10;10-7(11,12)4-1-5(8(13,14)15)3-6(2-4)18-9(16)17/h2*1-5,12-14H,6-9H2;1-3H/q2*+1;-2. The predicted molar refractivity (Wildman–Crippen MR) is 170 cm³/mol. The summed E-state index contributed by atoms with van der Waals surface area (Å²) in [5.74, 6) is -1.37. The molecule has 0 radical (unpaired) electrons. The Labute approximate surface area is 284 Å². The summed E-state index contributed by atoms with van der Waals surface area (Å²) in [6.45, 7) is 0. The molecule has 20 heteroatoms. The minimum Gasteiger partial charge on any atom is -0.860 e. The average Bonchev–Trinajstić information content (AvgIpc) is 3.09. The van der Waals surface area contributed by atoms with Crippen molar-refractivity contribution in [1.29, 1.82) is 0 Å². The van der Waals surface area contributed by atoms with Crippen molar-refractivity contribution < 1.29 is 81.3 Å². The van der Waals surface area contributed by atoms with Gasteiger partial charge in [0.25, 0.3) is 0 Å². The summed E-state index contributed by atoms with van der Waals surface area (Å²) in [5, 5.41) is 75.1. The number of benzene rings is 3. The maximum Gasteiger partial charge on any atom is 0.416 e. The van der Waals surface area contributed by atoms with Crippen LogP contribution in [0, 0.1) is 0 Å². The van der Waals surface area contributed by atoms with Crippen LogP contribution in [0.25, 0.3) is 0 Å². The van der Waals surface area contributed by atoms with Crippen molar-refractivity contribution >= 4 is 33.4 Å². The fourth-order valence-electron chi connectivity index (χ4n) is 3.71. The van der Waals surface area contributed by atoms with Gasteiger partial charge in [-0.1, -0.05) is 60.7 Å². The smallest absolute Gasteiger partial charge is 0.416 e. The molecule has 6 N–H and O–H groups in total. The molecule has 0 heterocycles. The molecule has 11 nitrogen and oxygen atoms in total. The Balaban J connectivity index is 0.000000376. The van der Waals surface area contributed by atoms with Crippen LogP contribution in [0.5, 0.6) is 5.75 Å². The molecular weight excluding hydrogens is 723 g/mol. The normalized spacial score (nSPS) is 11.8. The van der Waals surface area contributed by atoms with Crippen LogP contribution in [0.2, 0.25) is 0 Å². The summed E-state index contributed by atoms with van der Waals surface area (Å²) in [6, 6.07) is 17.5. The van der Waals surface area contributed by atoms with Gasteiger partial charge < -0.3 is 45.3 Å². The largest absolute Gasteiger partial charge is 0.860 e. The summed E-state index contributed by atoms with van der Waals surface area (Å²) in [6.07, 6.45) is -11.9. The van der Waals surface area contributed by atoms with Gasteiger partial charge in [-0.25, -0.2) is 0 Å². The monoisotopic (exact) mass is 758 g/mol. The fraction of sp³-hybridized carbons (Fsp3) is 0.333. The first-order valence-electron chi connectivity index (χ1n) is 14.1. The third kappa shape index (κ3) is 14.7. The van der Waals surface area contributed by atoms with Crippen LogP contribution in [-0.4, -0.2) is 99.9 Å². The lowest BCUT2D eigenvalue weighted by Gasteiger charge is -2.27. The fourth-order valence-corrected chi connectivity index (χ4v) is 6.43. The van der Waals surface area contributed by atoms with Crippen LogP contribution >= 0.6 is 14.5 Å². The third-order valence-electron chi connectivity index (χ3n) is 6.74. The molecule has 0 spiro atoms. The Hall–Kier alpha value is -3.02. The van der Waals surface area contributed by atoms with E-state index in [2.05, 4.69) is 4.65 Å². The maximum atomic E-state index is 12.3. The highest BCUT2D eigenvalue weighted by atomic mass is 31.2. The summed E-state index contributed by atoms with van der Waals surface area (Å²) in [5.41, 5.74) is -2.23. The van der Waals surface area contributed by atoms with E-state index in [0.29, 0.717) is 11.1 Å². The van der Waals surface area contributed by atoms with Crippen LogP contribution in [0.3, 0.4) is 0 Å². The lowest BCUT2D eigenvalue weighted by atomic mass is 10.1. The van der Waals surface area contributed by atoms with Gasteiger partial charge in [-0.3, -0.25) is 9.59 Å². The minimum atomic E-state index is -5.05. The molecule has 0 saturated heterocycles. The number of hydrogen-bond donors (Lipinski definition) is 6. The van der Waals surface area contributed by atoms with Crippen molar-refractivity contribution in [3.63, 3.8) is 0 Å². The van der Waals surface area contributed by atoms with Crippen LogP contribution in [-0.2, 0) is 12.4 Å². The summed E-state index contributed by atoms with van der Waals surface area (Å²) < 4.78 is 77.5. The Morgan fingerprint density at radius 2 is 0.880 bits per heavy atom. The average molecular weight is 758 g/mol. The summed E-state index contributed by atoms with van der Waals surface area (Å²) >= 11 is 0. The van der Waals surface area contributed by atoms with E-state index in [0.717, 1.165) is 0 Å². The second kappa shape index (κ2) is 20.7. The molecule has 0 aliphatic carbocycles. The molecule has 276 valence electrons. The molecule has 3 aromatic carbocycles. The van der Waals surface area contributed by atoms with Crippen molar-refractivity contribution in [3.8, 4) is 5.75 Å². The molecule has 0 aliphatic heterocycles. The number of rotatable bonds is 14. The molecule has 0 atom stereocenters. The van der Waals surface area contributed by atoms with Gasteiger partial charge in [0.2, 0.25) is 0 Å². The number of aliphatic hydroxyl groups excluding tert-OH is 6. The molecule has 0 unspecified atom stereocenters. The highest BCUT2D eigenvalue weighted by molar-refractivity contribution is 7.76. The van der Waals surface area contributed by atoms with Crippen LogP contribution in [0.1, 0.15) is 31.8 Å². The molecule has 3 aromatic rings. The van der Waals surface area contributed by atoms with Gasteiger partial charge in [0, 0.05) is 11.1 Å². The highest BCUT2D eigenvalue weighted by Gasteiger charge is 2.40. The lowest BCUT2D eigenvalue weighted by Crippen LogP contribution is -2.50. The molecule has 0 saturated carbocycles. The third-order valence-corrected chi connectivity index (χ3v) is 12.3. The number of carbonyl (C=O) groups is 2. The number of ketones is 2. The minimum absolute atomic E-state index is 0.0422. The number of alkyl halides is 6. The second-order valence-electron chi connectivity index (χ2n) is 10.6. The summed E-state index contributed by atoms with van der Waals surface area (Å²) in [4.78, 5) is 23.7. The number of halogens is 6. The molecule has 0 aromatic heterocycles. The van der Waals surface area contributed by atoms with Gasteiger partial charge in [0.05, 0.1) is 16.9 Å². The second-order valence-corrected chi connectivity index (χ2v) is 18.3. The summed E-state index contributed by atoms with van der Waals surface area (Å²) in [7, 11) is -7.71. The Morgan fingerprint density at radius 1 is 0.580 bits per heavy atom. The zero-order valence-corrected chi connectivity index (χ0v) is 27.9. The lowest BCUT2D eigenvalue weighted by molar-refractivity contribution is -0.372. The number of Topliss-reactive ketones (excluding diaryl/α,β-unsaturated/α-hetero) is 2. The van der Waals surface area contributed by atoms with E-state index in [1.807, 2.05) is 12.1 Å². The van der Waals surface area contributed by atoms with Gasteiger partial charge in [0.15, 0.2) is 49.7 Å². The molecule has 50 heavy (non-hydrogen) atoms. The van der Waals surface area contributed by atoms with Gasteiger partial charge >= 0.3 is 12.4 Å². The van der Waals surface area contributed by atoms with Crippen LogP contribution in [0.4, 0.5) is 26.3 Å². The zero-order valence-electron chi connectivity index (χ0n) is 26.1. The number of hydrogen-bond acceptors (Lipinski definition) is 11. The molecule has 3 rings (SSSR count). The molecular formula is C30H35BF6O11P2. The quantitative estimate of drug-likeness (QED) is 0.0608. The maximum absolute atomic E-state index is 12.3. The SMILES string of the molecule is O=C(C[P+](CO)(CO)CO)c1ccccc1.O=C(C[P+](CO)(CO)CO)c1ccccc1.[O-]B([O-])Oc1cc(C(F)(F)F)cc(C(F)(F)F)c1. The predicted octanol–water partition coefficient (Wildman–Crippen LogP) is 2.28. The van der Waals surface area contributed by atoms with Gasteiger partial charge in [-0.05, 0) is 18.2 Å². The Kier molecular flexibility index (Phi) is 18.7. The van der Waals surface area contributed by atoms with Crippen molar-refractivity contribution in [1.82, 2.24) is 0 Å². The van der Waals surface area contributed by atoms with E-state index in [1.54, 1.807) is 48.5 Å². The van der Waals surface area contributed by atoms with E-state index in [4.69, 9.17) is 30.6 Å². The Morgan fingerprint density at radius 3 is 1.12 bits per heavy atom. The molecule has 0 aliphatic rings. The van der Waals surface area contributed by atoms with E-state index in [1.165, 1.54) is 0 Å².